The predicted octanol–water partition coefficient (Wildman–Crippen LogP) is 7.73. The van der Waals surface area contributed by atoms with E-state index in [2.05, 4.69) is 77.6 Å². The lowest BCUT2D eigenvalue weighted by atomic mass is 9.65. The van der Waals surface area contributed by atoms with Crippen molar-refractivity contribution in [3.8, 4) is 11.5 Å². The third kappa shape index (κ3) is 5.91. The van der Waals surface area contributed by atoms with Crippen LogP contribution in [-0.2, 0) is 19.3 Å². The van der Waals surface area contributed by atoms with Crippen LogP contribution < -0.4 is 9.47 Å². The van der Waals surface area contributed by atoms with E-state index in [4.69, 9.17) is 9.47 Å². The number of piperidine rings is 2. The van der Waals surface area contributed by atoms with Crippen LogP contribution in [0.3, 0.4) is 0 Å². The van der Waals surface area contributed by atoms with Crippen LogP contribution in [0.15, 0.2) is 49.1 Å². The Labute approximate surface area is 263 Å². The molecule has 6 heteroatoms. The fourth-order valence-electron chi connectivity index (χ4n) is 8.43. The van der Waals surface area contributed by atoms with Crippen LogP contribution >= 0.6 is 0 Å². The molecule has 2 N–H and O–H groups in total. The van der Waals surface area contributed by atoms with Crippen LogP contribution in [-0.4, -0.2) is 73.3 Å². The number of hydrogen-bond donors (Lipinski definition) is 2. The van der Waals surface area contributed by atoms with E-state index in [1.807, 2.05) is 12.1 Å². The molecule has 44 heavy (non-hydrogen) atoms. The number of hydrogen-bond acceptors (Lipinski definition) is 4. The number of nitrogens with zero attached hydrogens (tertiary/aromatic N) is 2. The second-order valence-electron chi connectivity index (χ2n) is 13.3. The maximum Gasteiger partial charge on any atom is 0.120 e. The molecule has 2 saturated heterocycles. The van der Waals surface area contributed by atoms with E-state index < -0.39 is 0 Å². The van der Waals surface area contributed by atoms with Gasteiger partial charge < -0.3 is 24.3 Å². The Hall–Kier alpha value is -3.22. The van der Waals surface area contributed by atoms with E-state index in [9.17, 15) is 0 Å². The minimum absolute atomic E-state index is 0.711. The van der Waals surface area contributed by atoms with Crippen LogP contribution in [0.25, 0.3) is 21.8 Å². The fraction of sp³-hybridized carbons (Fsp3) is 0.526. The molecule has 4 bridgehead atoms. The van der Waals surface area contributed by atoms with Crippen molar-refractivity contribution < 1.29 is 9.47 Å². The molecule has 3 fully saturated rings. The molecule has 0 spiro atoms. The van der Waals surface area contributed by atoms with Gasteiger partial charge in [0.15, 0.2) is 0 Å². The molecular formula is C38H52N4O2. The van der Waals surface area contributed by atoms with E-state index in [1.165, 1.54) is 71.8 Å². The summed E-state index contributed by atoms with van der Waals surface area (Å²) >= 11 is 0. The monoisotopic (exact) mass is 596 g/mol. The van der Waals surface area contributed by atoms with Gasteiger partial charge >= 0.3 is 0 Å². The molecule has 5 aliphatic rings. The Balaban J connectivity index is 0.000000145. The largest absolute Gasteiger partial charge is 0.497 e. The van der Waals surface area contributed by atoms with Crippen LogP contribution in [0.2, 0.25) is 0 Å². The first kappa shape index (κ1) is 30.8. The Morgan fingerprint density at radius 1 is 0.864 bits per heavy atom. The van der Waals surface area contributed by atoms with Crippen molar-refractivity contribution in [3.05, 3.63) is 71.6 Å². The zero-order valence-corrected chi connectivity index (χ0v) is 27.5. The SMILES string of the molecule is C=CCC.CCC1C[C@H]2C[C@H]3c4[nH]c5ccc(OC)cc5c4CCN(C2)C13.COc1ccc2c3c([nH]c2c1)CCN(C)CC3. The number of ether oxygens (including phenoxy) is 2. The van der Waals surface area contributed by atoms with Gasteiger partial charge in [-0.1, -0.05) is 26.3 Å². The third-order valence-corrected chi connectivity index (χ3v) is 10.7. The fourth-order valence-corrected chi connectivity index (χ4v) is 8.43. The molecule has 4 aliphatic heterocycles. The van der Waals surface area contributed by atoms with Crippen molar-refractivity contribution in [2.24, 2.45) is 11.8 Å². The maximum atomic E-state index is 5.46. The van der Waals surface area contributed by atoms with Crippen LogP contribution in [0.5, 0.6) is 11.5 Å². The molecule has 6 nitrogen and oxygen atoms in total. The Morgan fingerprint density at radius 3 is 2.34 bits per heavy atom. The molecule has 9 rings (SSSR count). The van der Waals surface area contributed by atoms with Gasteiger partial charge in [-0.15, -0.1) is 6.58 Å². The number of methoxy groups -OCH3 is 2. The molecule has 2 aromatic carbocycles. The van der Waals surface area contributed by atoms with E-state index >= 15 is 0 Å². The van der Waals surface area contributed by atoms with Crippen LogP contribution in [0.1, 0.15) is 68.0 Å². The van der Waals surface area contributed by atoms with Gasteiger partial charge in [0.05, 0.1) is 14.2 Å². The summed E-state index contributed by atoms with van der Waals surface area (Å²) in [6, 6.07) is 13.6. The van der Waals surface area contributed by atoms with Crippen LogP contribution in [0, 0.1) is 11.8 Å². The molecule has 0 amide bonds. The minimum atomic E-state index is 0.711. The summed E-state index contributed by atoms with van der Waals surface area (Å²) in [6.45, 7) is 12.8. The molecule has 1 aliphatic carbocycles. The Kier molecular flexibility index (Phi) is 9.39. The van der Waals surface area contributed by atoms with Crippen molar-refractivity contribution in [1.82, 2.24) is 19.8 Å². The summed E-state index contributed by atoms with van der Waals surface area (Å²) in [4.78, 5) is 12.6. The van der Waals surface area contributed by atoms with Gasteiger partial charge in [0.1, 0.15) is 11.5 Å². The van der Waals surface area contributed by atoms with Crippen molar-refractivity contribution in [1.29, 1.82) is 0 Å². The van der Waals surface area contributed by atoms with Gasteiger partial charge in [-0.2, -0.15) is 0 Å². The summed E-state index contributed by atoms with van der Waals surface area (Å²) < 4.78 is 10.7. The van der Waals surface area contributed by atoms with E-state index in [-0.39, 0.29) is 0 Å². The summed E-state index contributed by atoms with van der Waals surface area (Å²) in [5.74, 6) is 4.40. The Morgan fingerprint density at radius 2 is 1.59 bits per heavy atom. The number of fused-ring (bicyclic) bond motifs is 7. The second-order valence-corrected chi connectivity index (χ2v) is 13.3. The molecule has 0 radical (unpaired) electrons. The number of aromatic amines is 2. The number of H-pyrrole nitrogens is 2. The van der Waals surface area contributed by atoms with E-state index in [0.717, 1.165) is 61.7 Å². The molecule has 1 saturated carbocycles. The number of nitrogens with one attached hydrogen (secondary N) is 2. The number of rotatable bonds is 4. The molecule has 2 aromatic heterocycles. The highest BCUT2D eigenvalue weighted by molar-refractivity contribution is 5.87. The Bertz CT molecular complexity index is 1580. The number of likely N-dealkylation sites (N-methyl/N-ethyl adjacent to an activating group) is 1. The summed E-state index contributed by atoms with van der Waals surface area (Å²) in [7, 11) is 5.66. The van der Waals surface area contributed by atoms with Crippen molar-refractivity contribution in [2.75, 3.05) is 47.4 Å². The molecular weight excluding hydrogens is 544 g/mol. The second kappa shape index (κ2) is 13.4. The lowest BCUT2D eigenvalue weighted by Crippen LogP contribution is -2.56. The van der Waals surface area contributed by atoms with Gasteiger partial charge in [0.25, 0.3) is 0 Å². The zero-order valence-electron chi connectivity index (χ0n) is 27.5. The van der Waals surface area contributed by atoms with Crippen molar-refractivity contribution in [3.63, 3.8) is 0 Å². The number of aromatic nitrogens is 2. The molecule has 5 atom stereocenters. The highest BCUT2D eigenvalue weighted by Gasteiger charge is 2.48. The normalized spacial score (nSPS) is 25.4. The lowest BCUT2D eigenvalue weighted by molar-refractivity contribution is -0.0134. The third-order valence-electron chi connectivity index (χ3n) is 10.7. The first-order chi connectivity index (χ1) is 21.5. The molecule has 6 heterocycles. The quantitative estimate of drug-likeness (QED) is 0.237. The highest BCUT2D eigenvalue weighted by atomic mass is 16.5. The number of allylic oxidation sites excluding steroid dienone is 1. The first-order valence-electron chi connectivity index (χ1n) is 16.9. The van der Waals surface area contributed by atoms with Crippen molar-refractivity contribution >= 4 is 21.8 Å². The molecule has 236 valence electrons. The average Bonchev–Trinajstić information content (AvgIpc) is 3.51. The van der Waals surface area contributed by atoms with Crippen molar-refractivity contribution in [2.45, 2.75) is 70.8 Å². The van der Waals surface area contributed by atoms with Gasteiger partial charge in [0, 0.05) is 83.8 Å². The number of benzene rings is 2. The lowest BCUT2D eigenvalue weighted by Gasteiger charge is -2.53. The smallest absolute Gasteiger partial charge is 0.120 e. The summed E-state index contributed by atoms with van der Waals surface area (Å²) in [5, 5.41) is 2.74. The maximum absolute atomic E-state index is 5.46. The summed E-state index contributed by atoms with van der Waals surface area (Å²) in [6.07, 6.45) is 10.6. The highest BCUT2D eigenvalue weighted by Crippen LogP contribution is 2.51. The van der Waals surface area contributed by atoms with Gasteiger partial charge in [-0.3, -0.25) is 4.90 Å². The minimum Gasteiger partial charge on any atom is -0.497 e. The van der Waals surface area contributed by atoms with E-state index in [0.29, 0.717) is 5.92 Å². The van der Waals surface area contributed by atoms with E-state index in [1.54, 1.807) is 25.5 Å². The molecule has 3 unspecified atom stereocenters. The van der Waals surface area contributed by atoms with Gasteiger partial charge in [-0.25, -0.2) is 0 Å². The standard InChI is InChI=1S/C20H26N2O.C14H18N2O.C4H8/c1-3-13-8-12-9-17-19-15(6-7-22(11-12)20(13)17)16-10-14(23-2)4-5-18(16)21-19;1-16-7-5-12-11-4-3-10(17-2)9-14(11)15-13(12)6-8-16;1-3-4-2/h4-5,10,12-13,17,20-21H,3,6-9,11H2,1-2H3;3-4,9,15H,5-8H2,1-2H3;3H,1,4H2,2H3/t12-,13?,17-,20?;;/m0../s1. The zero-order chi connectivity index (χ0) is 30.8. The van der Waals surface area contributed by atoms with Gasteiger partial charge in [0.2, 0.25) is 0 Å². The summed E-state index contributed by atoms with van der Waals surface area (Å²) in [5.41, 5.74) is 8.50. The topological polar surface area (TPSA) is 56.5 Å². The first-order valence-corrected chi connectivity index (χ1v) is 16.9. The predicted molar refractivity (Wildman–Crippen MR) is 183 cm³/mol. The van der Waals surface area contributed by atoms with Gasteiger partial charge in [-0.05, 0) is 92.4 Å². The average molecular weight is 597 g/mol. The molecule has 4 aromatic rings. The van der Waals surface area contributed by atoms with Crippen LogP contribution in [0.4, 0.5) is 0 Å².